The Kier molecular flexibility index (Phi) is 4.82. The minimum atomic E-state index is 0. The lowest BCUT2D eigenvalue weighted by molar-refractivity contribution is -0.642. The van der Waals surface area contributed by atoms with Crippen LogP contribution in [-0.4, -0.2) is 10.1 Å². The van der Waals surface area contributed by atoms with Crippen LogP contribution in [-0.2, 0) is 7.05 Å². The van der Waals surface area contributed by atoms with Gasteiger partial charge in [0.25, 0.3) is 5.01 Å². The largest absolute Gasteiger partial charge is 1.00 e. The predicted molar refractivity (Wildman–Crippen MR) is 95.3 cm³/mol. The van der Waals surface area contributed by atoms with Crippen LogP contribution >= 0.6 is 11.3 Å². The molecule has 0 spiro atoms. The molecule has 0 amide bonds. The van der Waals surface area contributed by atoms with Crippen molar-refractivity contribution in [2.24, 2.45) is 7.05 Å². The molecule has 0 bridgehead atoms. The third kappa shape index (κ3) is 2.89. The van der Waals surface area contributed by atoms with Gasteiger partial charge in [-0.15, -0.1) is 0 Å². The van der Waals surface area contributed by atoms with Crippen molar-refractivity contribution in [3.05, 3.63) is 65.3 Å². The molecule has 0 aliphatic rings. The van der Waals surface area contributed by atoms with Crippen LogP contribution in [0, 0.1) is 0 Å². The van der Waals surface area contributed by atoms with Crippen LogP contribution in [0.5, 0.6) is 5.75 Å². The van der Waals surface area contributed by atoms with Gasteiger partial charge in [0.2, 0.25) is 5.52 Å². The Hall–Kier alpha value is -1.99. The van der Waals surface area contributed by atoms with Gasteiger partial charge in [0, 0.05) is 23.7 Å². The monoisotopic (exact) mass is 446 g/mol. The molecule has 1 N–H and O–H groups in total. The zero-order chi connectivity index (χ0) is 15.8. The third-order valence-electron chi connectivity index (χ3n) is 3.96. The van der Waals surface area contributed by atoms with Crippen LogP contribution in [0.1, 0.15) is 10.6 Å². The maximum Gasteiger partial charge on any atom is 0.262 e. The van der Waals surface area contributed by atoms with E-state index in [4.69, 9.17) is 0 Å². The van der Waals surface area contributed by atoms with Gasteiger partial charge in [-0.25, -0.2) is 0 Å². The van der Waals surface area contributed by atoms with Gasteiger partial charge in [-0.3, -0.25) is 4.98 Å². The fraction of sp³-hybridized carbons (Fsp3) is 0.0526. The molecule has 24 heavy (non-hydrogen) atoms. The fourth-order valence-electron chi connectivity index (χ4n) is 2.75. The number of rotatable bonds is 2. The lowest BCUT2D eigenvalue weighted by atomic mass is 10.1. The van der Waals surface area contributed by atoms with Crippen molar-refractivity contribution in [2.45, 2.75) is 0 Å². The van der Waals surface area contributed by atoms with Crippen LogP contribution in [0.15, 0.2) is 54.7 Å². The van der Waals surface area contributed by atoms with E-state index in [2.05, 4.69) is 53.0 Å². The molecular formula is C19H15IN2OS. The first kappa shape index (κ1) is 16.9. The van der Waals surface area contributed by atoms with Crippen molar-refractivity contribution < 1.29 is 33.7 Å². The molecule has 0 radical (unpaired) electrons. The molecule has 120 valence electrons. The van der Waals surface area contributed by atoms with Gasteiger partial charge in [-0.1, -0.05) is 35.6 Å². The SMILES string of the molecule is C[n+]1c(/C=C/c2ccc(O)c3ncccc23)sc2ccccc21.[I-]. The highest BCUT2D eigenvalue weighted by molar-refractivity contribution is 7.18. The first-order valence-electron chi connectivity index (χ1n) is 7.36. The van der Waals surface area contributed by atoms with E-state index in [0.29, 0.717) is 5.52 Å². The summed E-state index contributed by atoms with van der Waals surface area (Å²) in [5.74, 6) is 0.213. The maximum absolute atomic E-state index is 9.93. The maximum atomic E-state index is 9.93. The lowest BCUT2D eigenvalue weighted by Crippen LogP contribution is -3.00. The molecule has 0 unspecified atom stereocenters. The van der Waals surface area contributed by atoms with Crippen LogP contribution in [0.25, 0.3) is 33.3 Å². The Morgan fingerprint density at radius 3 is 2.71 bits per heavy atom. The quantitative estimate of drug-likeness (QED) is 0.371. The van der Waals surface area contributed by atoms with Crippen molar-refractivity contribution in [1.82, 2.24) is 4.98 Å². The Balaban J connectivity index is 0.00000169. The number of hydrogen-bond donors (Lipinski definition) is 1. The topological polar surface area (TPSA) is 37.0 Å². The number of aromatic hydroxyl groups is 1. The van der Waals surface area contributed by atoms with Crippen molar-refractivity contribution >= 4 is 44.6 Å². The Labute approximate surface area is 160 Å². The molecule has 0 fully saturated rings. The number of aryl methyl sites for hydroxylation is 1. The first-order valence-corrected chi connectivity index (χ1v) is 8.18. The van der Waals surface area contributed by atoms with Crippen LogP contribution < -0.4 is 28.5 Å². The molecular weight excluding hydrogens is 431 g/mol. The van der Waals surface area contributed by atoms with Gasteiger partial charge in [0.05, 0.1) is 0 Å². The number of aromatic nitrogens is 2. The second-order valence-corrected chi connectivity index (χ2v) is 6.44. The minimum absolute atomic E-state index is 0. The number of phenols is 1. The van der Waals surface area contributed by atoms with Crippen LogP contribution in [0.4, 0.5) is 0 Å². The molecule has 5 heteroatoms. The van der Waals surface area contributed by atoms with E-state index in [1.54, 1.807) is 23.6 Å². The highest BCUT2D eigenvalue weighted by atomic mass is 127. The molecule has 4 rings (SSSR count). The summed E-state index contributed by atoms with van der Waals surface area (Å²) in [6.07, 6.45) is 5.89. The van der Waals surface area contributed by atoms with E-state index in [1.807, 2.05) is 18.2 Å². The van der Waals surface area contributed by atoms with Gasteiger partial charge in [0.1, 0.15) is 23.0 Å². The summed E-state index contributed by atoms with van der Waals surface area (Å²) in [6, 6.07) is 15.9. The number of fused-ring (bicyclic) bond motifs is 2. The summed E-state index contributed by atoms with van der Waals surface area (Å²) in [5.41, 5.74) is 2.91. The Morgan fingerprint density at radius 2 is 1.88 bits per heavy atom. The summed E-state index contributed by atoms with van der Waals surface area (Å²) in [4.78, 5) is 4.26. The predicted octanol–water partition coefficient (Wildman–Crippen LogP) is 1.15. The average Bonchev–Trinajstić information content (AvgIpc) is 2.91. The van der Waals surface area contributed by atoms with Gasteiger partial charge in [-0.05, 0) is 29.8 Å². The number of halogens is 1. The number of nitrogens with zero attached hydrogens (tertiary/aromatic N) is 2. The van der Waals surface area contributed by atoms with E-state index >= 15 is 0 Å². The molecule has 0 aliphatic carbocycles. The smallest absolute Gasteiger partial charge is 0.262 e. The molecule has 2 aromatic heterocycles. The number of pyridine rings is 1. The van der Waals surface area contributed by atoms with Gasteiger partial charge in [-0.2, -0.15) is 4.57 Å². The zero-order valence-corrected chi connectivity index (χ0v) is 16.0. The molecule has 0 atom stereocenters. The number of para-hydroxylation sites is 1. The third-order valence-corrected chi connectivity index (χ3v) is 5.14. The lowest BCUT2D eigenvalue weighted by Gasteiger charge is -2.02. The molecule has 0 saturated heterocycles. The molecule has 0 aliphatic heterocycles. The van der Waals surface area contributed by atoms with Crippen molar-refractivity contribution in [3.8, 4) is 5.75 Å². The molecule has 2 aromatic carbocycles. The summed E-state index contributed by atoms with van der Waals surface area (Å²) in [6.45, 7) is 0. The Bertz CT molecular complexity index is 1060. The van der Waals surface area contributed by atoms with E-state index in [0.717, 1.165) is 10.9 Å². The number of thiazole rings is 1. The van der Waals surface area contributed by atoms with E-state index in [-0.39, 0.29) is 29.7 Å². The van der Waals surface area contributed by atoms with E-state index in [9.17, 15) is 5.11 Å². The average molecular weight is 446 g/mol. The number of benzene rings is 2. The summed E-state index contributed by atoms with van der Waals surface area (Å²) >= 11 is 1.76. The molecule has 3 nitrogen and oxygen atoms in total. The van der Waals surface area contributed by atoms with Crippen LogP contribution in [0.3, 0.4) is 0 Å². The fourth-order valence-corrected chi connectivity index (χ4v) is 3.81. The molecule has 0 saturated carbocycles. The van der Waals surface area contributed by atoms with E-state index in [1.165, 1.54) is 15.2 Å². The standard InChI is InChI=1S/C19H14N2OS.HI/c1-21-15-6-2-3-7-17(15)23-18(21)11-9-13-8-10-16(22)19-14(13)5-4-12-20-19;/h2-12H,1H3;1H. The van der Waals surface area contributed by atoms with Gasteiger partial charge < -0.3 is 29.1 Å². The summed E-state index contributed by atoms with van der Waals surface area (Å²) < 4.78 is 3.46. The Morgan fingerprint density at radius 1 is 1.04 bits per heavy atom. The van der Waals surface area contributed by atoms with Gasteiger partial charge in [0.15, 0.2) is 0 Å². The molecule has 4 aromatic rings. The minimum Gasteiger partial charge on any atom is -1.00 e. The zero-order valence-electron chi connectivity index (χ0n) is 13.0. The summed E-state index contributed by atoms with van der Waals surface area (Å²) in [7, 11) is 2.08. The number of phenolic OH excluding ortho intramolecular Hbond substituents is 1. The number of hydrogen-bond acceptors (Lipinski definition) is 3. The normalized spacial score (nSPS) is 11.2. The highest BCUT2D eigenvalue weighted by Crippen LogP contribution is 2.27. The second kappa shape index (κ2) is 6.86. The van der Waals surface area contributed by atoms with Crippen molar-refractivity contribution in [1.29, 1.82) is 0 Å². The van der Waals surface area contributed by atoms with Gasteiger partial charge >= 0.3 is 0 Å². The summed E-state index contributed by atoms with van der Waals surface area (Å²) in [5, 5.41) is 12.1. The highest BCUT2D eigenvalue weighted by Gasteiger charge is 2.13. The second-order valence-electron chi connectivity index (χ2n) is 5.37. The molecule has 2 heterocycles. The van der Waals surface area contributed by atoms with E-state index < -0.39 is 0 Å². The van der Waals surface area contributed by atoms with Crippen molar-refractivity contribution in [3.63, 3.8) is 0 Å². The van der Waals surface area contributed by atoms with Crippen LogP contribution in [0.2, 0.25) is 0 Å². The first-order chi connectivity index (χ1) is 11.2. The van der Waals surface area contributed by atoms with Crippen molar-refractivity contribution in [2.75, 3.05) is 0 Å².